The third-order valence-electron chi connectivity index (χ3n) is 3.73. The Morgan fingerprint density at radius 2 is 2.25 bits per heavy atom. The second-order valence-corrected chi connectivity index (χ2v) is 6.44. The van der Waals surface area contributed by atoms with Gasteiger partial charge in [-0.2, -0.15) is 5.10 Å². The van der Waals surface area contributed by atoms with Crippen LogP contribution in [0.3, 0.4) is 0 Å². The highest BCUT2D eigenvalue weighted by atomic mass is 79.9. The van der Waals surface area contributed by atoms with Crippen molar-refractivity contribution in [1.82, 2.24) is 25.4 Å². The van der Waals surface area contributed by atoms with Crippen LogP contribution in [0.15, 0.2) is 22.8 Å². The molecule has 0 saturated heterocycles. The van der Waals surface area contributed by atoms with Gasteiger partial charge in [0.15, 0.2) is 5.69 Å². The maximum absolute atomic E-state index is 12.5. The number of amides is 2. The van der Waals surface area contributed by atoms with Crippen LogP contribution in [0.4, 0.5) is 5.82 Å². The van der Waals surface area contributed by atoms with E-state index in [1.165, 1.54) is 4.90 Å². The summed E-state index contributed by atoms with van der Waals surface area (Å²) < 4.78 is 0.824. The first-order chi connectivity index (χ1) is 11.5. The Bertz CT molecular complexity index is 758. The molecule has 0 saturated carbocycles. The van der Waals surface area contributed by atoms with Gasteiger partial charge in [0.1, 0.15) is 5.82 Å². The number of carbonyl (C=O) groups excluding carboxylic acids is 2. The minimum Gasteiger partial charge on any atom is -0.331 e. The predicted octanol–water partition coefficient (Wildman–Crippen LogP) is 0.924. The zero-order chi connectivity index (χ0) is 17.1. The zero-order valence-corrected chi connectivity index (χ0v) is 14.7. The van der Waals surface area contributed by atoms with E-state index in [-0.39, 0.29) is 18.4 Å². The van der Waals surface area contributed by atoms with Crippen molar-refractivity contribution >= 4 is 33.6 Å². The summed E-state index contributed by atoms with van der Waals surface area (Å²) >= 11 is 3.28. The summed E-state index contributed by atoms with van der Waals surface area (Å²) in [7, 11) is 1.58. The summed E-state index contributed by atoms with van der Waals surface area (Å²) in [6.07, 6.45) is 2.41. The Kier molecular flexibility index (Phi) is 4.91. The van der Waals surface area contributed by atoms with E-state index in [0.29, 0.717) is 18.1 Å². The molecule has 126 valence electrons. The van der Waals surface area contributed by atoms with Crippen molar-refractivity contribution in [2.45, 2.75) is 13.0 Å². The topological polar surface area (TPSA) is 103 Å². The first-order valence-electron chi connectivity index (χ1n) is 7.48. The Morgan fingerprint density at radius 3 is 3.00 bits per heavy atom. The number of hydrogen-bond acceptors (Lipinski definition) is 5. The Morgan fingerprint density at radius 1 is 1.42 bits per heavy atom. The predicted molar refractivity (Wildman–Crippen MR) is 91.5 cm³/mol. The Balaban J connectivity index is 1.62. The second-order valence-electron chi connectivity index (χ2n) is 5.53. The van der Waals surface area contributed by atoms with Crippen LogP contribution in [-0.2, 0) is 17.8 Å². The molecule has 3 rings (SSSR count). The number of pyridine rings is 1. The first-order valence-corrected chi connectivity index (χ1v) is 8.27. The monoisotopic (exact) mass is 392 g/mol. The third-order valence-corrected chi connectivity index (χ3v) is 4.20. The number of hydrogen-bond donors (Lipinski definition) is 3. The van der Waals surface area contributed by atoms with Crippen LogP contribution in [-0.4, -0.2) is 52.0 Å². The standard InChI is InChI=1S/C15H17BrN6O2/c1-22(8-13(23)19-12-3-2-9(16)6-18-12)15(24)14-10-7-17-5-4-11(10)20-21-14/h2-3,6,17H,4-5,7-8H2,1H3,(H,20,21)(H,18,19,23). The number of nitrogens with one attached hydrogen (secondary N) is 3. The van der Waals surface area contributed by atoms with E-state index in [2.05, 4.69) is 41.7 Å². The molecule has 0 aromatic carbocycles. The number of rotatable bonds is 4. The van der Waals surface area contributed by atoms with Gasteiger partial charge >= 0.3 is 0 Å². The number of fused-ring (bicyclic) bond motifs is 1. The van der Waals surface area contributed by atoms with Crippen LogP contribution in [0.5, 0.6) is 0 Å². The Labute approximate surface area is 147 Å². The van der Waals surface area contributed by atoms with Gasteiger partial charge in [-0.1, -0.05) is 0 Å². The van der Waals surface area contributed by atoms with Crippen molar-refractivity contribution in [3.63, 3.8) is 0 Å². The molecule has 0 atom stereocenters. The fourth-order valence-corrected chi connectivity index (χ4v) is 2.74. The van der Waals surface area contributed by atoms with Crippen LogP contribution in [0.1, 0.15) is 21.7 Å². The van der Waals surface area contributed by atoms with Gasteiger partial charge < -0.3 is 15.5 Å². The van der Waals surface area contributed by atoms with Crippen molar-refractivity contribution in [3.05, 3.63) is 39.8 Å². The van der Waals surface area contributed by atoms with E-state index >= 15 is 0 Å². The molecule has 0 radical (unpaired) electrons. The van der Waals surface area contributed by atoms with Crippen molar-refractivity contribution in [3.8, 4) is 0 Å². The van der Waals surface area contributed by atoms with E-state index in [4.69, 9.17) is 0 Å². The molecule has 0 bridgehead atoms. The molecule has 1 aliphatic heterocycles. The molecule has 0 fully saturated rings. The van der Waals surface area contributed by atoms with Crippen molar-refractivity contribution in [2.75, 3.05) is 25.5 Å². The van der Waals surface area contributed by atoms with E-state index in [1.807, 2.05) is 0 Å². The lowest BCUT2D eigenvalue weighted by molar-refractivity contribution is -0.116. The van der Waals surface area contributed by atoms with Gasteiger partial charge in [-0.05, 0) is 28.1 Å². The SMILES string of the molecule is CN(CC(=O)Nc1ccc(Br)cn1)C(=O)c1n[nH]c2c1CNCC2. The van der Waals surface area contributed by atoms with Gasteiger partial charge in [-0.25, -0.2) is 4.98 Å². The maximum Gasteiger partial charge on any atom is 0.274 e. The molecule has 2 aromatic rings. The fourth-order valence-electron chi connectivity index (χ4n) is 2.50. The van der Waals surface area contributed by atoms with Crippen LogP contribution < -0.4 is 10.6 Å². The molecule has 8 nitrogen and oxygen atoms in total. The highest BCUT2D eigenvalue weighted by molar-refractivity contribution is 9.10. The number of likely N-dealkylation sites (N-methyl/N-ethyl adjacent to an activating group) is 1. The smallest absolute Gasteiger partial charge is 0.274 e. The number of nitrogens with zero attached hydrogens (tertiary/aromatic N) is 3. The number of halogens is 1. The molecule has 9 heteroatoms. The highest BCUT2D eigenvalue weighted by Gasteiger charge is 2.24. The summed E-state index contributed by atoms with van der Waals surface area (Å²) in [5.41, 5.74) is 2.23. The summed E-state index contributed by atoms with van der Waals surface area (Å²) in [6, 6.07) is 3.46. The normalized spacial score (nSPS) is 13.2. The quantitative estimate of drug-likeness (QED) is 0.717. The highest BCUT2D eigenvalue weighted by Crippen LogP contribution is 2.16. The Hall–Kier alpha value is -2.26. The largest absolute Gasteiger partial charge is 0.331 e. The van der Waals surface area contributed by atoms with Crippen molar-refractivity contribution in [1.29, 1.82) is 0 Å². The minimum atomic E-state index is -0.316. The number of aromatic nitrogens is 3. The van der Waals surface area contributed by atoms with Gasteiger partial charge in [0.25, 0.3) is 5.91 Å². The average Bonchev–Trinajstić information content (AvgIpc) is 3.00. The fraction of sp³-hybridized carbons (Fsp3) is 0.333. The summed E-state index contributed by atoms with van der Waals surface area (Å²) in [6.45, 7) is 1.39. The first kappa shape index (κ1) is 16.6. The van der Waals surface area contributed by atoms with Gasteiger partial charge in [-0.15, -0.1) is 0 Å². The van der Waals surface area contributed by atoms with Crippen LogP contribution in [0.25, 0.3) is 0 Å². The zero-order valence-electron chi connectivity index (χ0n) is 13.1. The van der Waals surface area contributed by atoms with E-state index in [0.717, 1.165) is 28.7 Å². The van der Waals surface area contributed by atoms with Crippen LogP contribution in [0.2, 0.25) is 0 Å². The van der Waals surface area contributed by atoms with Crippen molar-refractivity contribution < 1.29 is 9.59 Å². The molecule has 2 aromatic heterocycles. The molecule has 0 aliphatic carbocycles. The van der Waals surface area contributed by atoms with E-state index < -0.39 is 0 Å². The molecule has 24 heavy (non-hydrogen) atoms. The minimum absolute atomic E-state index is 0.0777. The summed E-state index contributed by atoms with van der Waals surface area (Å²) in [4.78, 5) is 30.0. The van der Waals surface area contributed by atoms with Crippen molar-refractivity contribution in [2.24, 2.45) is 0 Å². The number of aromatic amines is 1. The van der Waals surface area contributed by atoms with Gasteiger partial charge in [-0.3, -0.25) is 14.7 Å². The second kappa shape index (κ2) is 7.10. The van der Waals surface area contributed by atoms with E-state index in [9.17, 15) is 9.59 Å². The molecule has 0 unspecified atom stereocenters. The maximum atomic E-state index is 12.5. The third kappa shape index (κ3) is 3.62. The number of carbonyl (C=O) groups is 2. The molecular formula is C15H17BrN6O2. The number of H-pyrrole nitrogens is 1. The molecule has 3 heterocycles. The van der Waals surface area contributed by atoms with Crippen LogP contribution in [0, 0.1) is 0 Å². The van der Waals surface area contributed by atoms with Gasteiger partial charge in [0.2, 0.25) is 5.91 Å². The van der Waals surface area contributed by atoms with Gasteiger partial charge in [0, 0.05) is 48.5 Å². The molecular weight excluding hydrogens is 376 g/mol. The lowest BCUT2D eigenvalue weighted by Gasteiger charge is -2.17. The summed E-state index contributed by atoms with van der Waals surface area (Å²) in [5, 5.41) is 12.9. The van der Waals surface area contributed by atoms with Crippen LogP contribution >= 0.6 is 15.9 Å². The average molecular weight is 393 g/mol. The summed E-state index contributed by atoms with van der Waals surface area (Å²) in [5.74, 6) is -0.163. The molecule has 3 N–H and O–H groups in total. The molecule has 0 spiro atoms. The van der Waals surface area contributed by atoms with Gasteiger partial charge in [0.05, 0.1) is 6.54 Å². The lowest BCUT2D eigenvalue weighted by atomic mass is 10.1. The molecule has 2 amide bonds. The number of anilines is 1. The molecule has 1 aliphatic rings. The lowest BCUT2D eigenvalue weighted by Crippen LogP contribution is -2.36. The van der Waals surface area contributed by atoms with E-state index in [1.54, 1.807) is 25.4 Å².